The Morgan fingerprint density at radius 3 is 2.38 bits per heavy atom. The minimum absolute atomic E-state index is 0.0258. The van der Waals surface area contributed by atoms with Crippen LogP contribution in [-0.2, 0) is 24.3 Å². The Morgan fingerprint density at radius 1 is 1.00 bits per heavy atom. The Hall–Kier alpha value is -3.54. The van der Waals surface area contributed by atoms with Gasteiger partial charge in [-0.05, 0) is 62.8 Å². The fraction of sp³-hybridized carbons (Fsp3) is 0.429. The largest absolute Gasteiger partial charge is 0.480 e. The number of hydrogen-bond donors (Lipinski definition) is 2. The SMILES string of the molecule is CC(C)(Sc1cccc(CCCCNc2nn(CCCC(F)(F)F)c(=O)n(Cc3ccccc3)c2=O)c1)C(=O)O. The molecule has 3 aromatic rings. The topological polar surface area (TPSA) is 106 Å². The number of alkyl halides is 3. The molecule has 0 unspecified atom stereocenters. The predicted molar refractivity (Wildman–Crippen MR) is 149 cm³/mol. The van der Waals surface area contributed by atoms with Crippen LogP contribution in [0.2, 0.25) is 0 Å². The molecule has 8 nitrogen and oxygen atoms in total. The van der Waals surface area contributed by atoms with Gasteiger partial charge in [-0.15, -0.1) is 16.9 Å². The van der Waals surface area contributed by atoms with Gasteiger partial charge in [0, 0.05) is 24.4 Å². The van der Waals surface area contributed by atoms with Crippen LogP contribution in [0.3, 0.4) is 0 Å². The molecule has 2 aromatic carbocycles. The van der Waals surface area contributed by atoms with E-state index in [9.17, 15) is 32.7 Å². The molecule has 0 fully saturated rings. The van der Waals surface area contributed by atoms with Gasteiger partial charge in [0.15, 0.2) is 0 Å². The molecule has 0 radical (unpaired) electrons. The Kier molecular flexibility index (Phi) is 10.6. The maximum atomic E-state index is 13.1. The van der Waals surface area contributed by atoms with E-state index in [1.807, 2.05) is 24.3 Å². The van der Waals surface area contributed by atoms with Crippen molar-refractivity contribution >= 4 is 23.5 Å². The number of rotatable bonds is 14. The lowest BCUT2D eigenvalue weighted by Gasteiger charge is -2.18. The number of aryl methyl sites for hydroxylation is 2. The third-order valence-corrected chi connectivity index (χ3v) is 7.28. The minimum Gasteiger partial charge on any atom is -0.480 e. The second kappa shape index (κ2) is 13.7. The molecule has 1 aromatic heterocycles. The maximum Gasteiger partial charge on any atom is 0.389 e. The number of unbranched alkanes of at least 4 members (excludes halogenated alkanes) is 1. The quantitative estimate of drug-likeness (QED) is 0.200. The number of aliphatic carboxylic acids is 1. The fourth-order valence-electron chi connectivity index (χ4n) is 3.92. The maximum absolute atomic E-state index is 13.1. The molecule has 0 aliphatic heterocycles. The third-order valence-electron chi connectivity index (χ3n) is 6.10. The first-order chi connectivity index (χ1) is 18.9. The van der Waals surface area contributed by atoms with Gasteiger partial charge >= 0.3 is 17.8 Å². The van der Waals surface area contributed by atoms with Gasteiger partial charge in [-0.3, -0.25) is 14.2 Å². The molecule has 1 heterocycles. The van der Waals surface area contributed by atoms with Gasteiger partial charge in [-0.25, -0.2) is 9.48 Å². The first-order valence-corrected chi connectivity index (χ1v) is 13.8. The molecule has 2 N–H and O–H groups in total. The Bertz CT molecular complexity index is 1410. The van der Waals surface area contributed by atoms with Crippen LogP contribution in [0.4, 0.5) is 19.0 Å². The number of carbonyl (C=O) groups is 1. The summed E-state index contributed by atoms with van der Waals surface area (Å²) in [6.07, 6.45) is -3.60. The number of carboxylic acids is 1. The first kappa shape index (κ1) is 31.0. The fourth-order valence-corrected chi connectivity index (χ4v) is 4.95. The van der Waals surface area contributed by atoms with Gasteiger partial charge in [0.05, 0.1) is 6.54 Å². The number of aromatic nitrogens is 3. The standard InChI is InChI=1S/C28H33F3N4O4S/c1-27(2,25(37)38)40-22-14-8-13-20(18-22)10-6-7-16-32-23-24(36)34(19-21-11-4-3-5-12-21)26(39)35(33-23)17-9-15-28(29,30)31/h3-5,8,11-14,18H,6-7,9-10,15-17,19H2,1-2H3,(H,32,33)(H,37,38). The number of carboxylic acid groups (broad SMARTS) is 1. The van der Waals surface area contributed by atoms with Gasteiger partial charge in [0.25, 0.3) is 5.56 Å². The van der Waals surface area contributed by atoms with E-state index in [0.717, 1.165) is 32.5 Å². The highest BCUT2D eigenvalue weighted by molar-refractivity contribution is 8.01. The van der Waals surface area contributed by atoms with Crippen LogP contribution in [0.25, 0.3) is 0 Å². The number of nitrogens with one attached hydrogen (secondary N) is 1. The smallest absolute Gasteiger partial charge is 0.389 e. The zero-order valence-corrected chi connectivity index (χ0v) is 23.2. The summed E-state index contributed by atoms with van der Waals surface area (Å²) in [7, 11) is 0. The van der Waals surface area contributed by atoms with E-state index in [0.29, 0.717) is 18.5 Å². The van der Waals surface area contributed by atoms with Crippen molar-refractivity contribution in [2.75, 3.05) is 11.9 Å². The van der Waals surface area contributed by atoms with E-state index in [2.05, 4.69) is 10.4 Å². The summed E-state index contributed by atoms with van der Waals surface area (Å²) in [5.41, 5.74) is 0.359. The van der Waals surface area contributed by atoms with Crippen molar-refractivity contribution in [1.82, 2.24) is 14.3 Å². The normalized spacial score (nSPS) is 11.9. The molecule has 0 saturated carbocycles. The lowest BCUT2D eigenvalue weighted by atomic mass is 10.1. The molecule has 3 rings (SSSR count). The average Bonchev–Trinajstić information content (AvgIpc) is 2.88. The molecule has 216 valence electrons. The highest BCUT2D eigenvalue weighted by Gasteiger charge is 2.28. The molecular weight excluding hydrogens is 545 g/mol. The summed E-state index contributed by atoms with van der Waals surface area (Å²) in [4.78, 5) is 38.2. The highest BCUT2D eigenvalue weighted by atomic mass is 32.2. The van der Waals surface area contributed by atoms with Crippen LogP contribution >= 0.6 is 11.8 Å². The van der Waals surface area contributed by atoms with Crippen LogP contribution in [0.5, 0.6) is 0 Å². The summed E-state index contributed by atoms with van der Waals surface area (Å²) in [6.45, 7) is 3.38. The predicted octanol–water partition coefficient (Wildman–Crippen LogP) is 5.19. The van der Waals surface area contributed by atoms with Crippen molar-refractivity contribution in [2.45, 2.75) is 74.9 Å². The minimum atomic E-state index is -4.35. The molecule has 0 bridgehead atoms. The number of anilines is 1. The second-order valence-corrected chi connectivity index (χ2v) is 11.6. The third kappa shape index (κ3) is 9.29. The average molecular weight is 579 g/mol. The van der Waals surface area contributed by atoms with Gasteiger partial charge < -0.3 is 10.4 Å². The molecule has 0 spiro atoms. The first-order valence-electron chi connectivity index (χ1n) is 12.9. The van der Waals surface area contributed by atoms with Crippen molar-refractivity contribution in [3.8, 4) is 0 Å². The van der Waals surface area contributed by atoms with Gasteiger partial charge in [0.2, 0.25) is 5.82 Å². The zero-order valence-electron chi connectivity index (χ0n) is 22.4. The Balaban J connectivity index is 1.66. The molecule has 0 atom stereocenters. The van der Waals surface area contributed by atoms with Crippen molar-refractivity contribution < 1.29 is 23.1 Å². The van der Waals surface area contributed by atoms with Crippen LogP contribution in [0.1, 0.15) is 50.7 Å². The number of hydrogen-bond acceptors (Lipinski definition) is 6. The van der Waals surface area contributed by atoms with Crippen LogP contribution in [0, 0.1) is 0 Å². The molecule has 0 aliphatic carbocycles. The van der Waals surface area contributed by atoms with Crippen LogP contribution in [0.15, 0.2) is 69.1 Å². The van der Waals surface area contributed by atoms with Crippen molar-refractivity contribution in [3.05, 3.63) is 86.6 Å². The highest BCUT2D eigenvalue weighted by Crippen LogP contribution is 2.33. The van der Waals surface area contributed by atoms with E-state index in [-0.39, 0.29) is 25.3 Å². The molecule has 0 amide bonds. The molecule has 12 heteroatoms. The van der Waals surface area contributed by atoms with Crippen LogP contribution in [-0.4, -0.2) is 42.9 Å². The molecule has 0 saturated heterocycles. The lowest BCUT2D eigenvalue weighted by Crippen LogP contribution is -2.43. The lowest BCUT2D eigenvalue weighted by molar-refractivity contribution is -0.139. The van der Waals surface area contributed by atoms with Crippen molar-refractivity contribution in [3.63, 3.8) is 0 Å². The number of thioether (sulfide) groups is 1. The Labute approximate surface area is 234 Å². The van der Waals surface area contributed by atoms with Gasteiger partial charge in [-0.2, -0.15) is 13.2 Å². The van der Waals surface area contributed by atoms with Gasteiger partial charge in [0.1, 0.15) is 4.75 Å². The zero-order chi connectivity index (χ0) is 29.3. The van der Waals surface area contributed by atoms with Gasteiger partial charge in [-0.1, -0.05) is 42.5 Å². The Morgan fingerprint density at radius 2 is 1.70 bits per heavy atom. The second-order valence-electron chi connectivity index (χ2n) is 9.90. The van der Waals surface area contributed by atoms with E-state index in [1.165, 1.54) is 11.8 Å². The monoisotopic (exact) mass is 578 g/mol. The summed E-state index contributed by atoms with van der Waals surface area (Å²) >= 11 is 1.27. The number of halogens is 3. The number of nitrogens with zero attached hydrogens (tertiary/aromatic N) is 3. The summed E-state index contributed by atoms with van der Waals surface area (Å²) in [5, 5.41) is 16.4. The molecule has 0 aliphatic rings. The van der Waals surface area contributed by atoms with E-state index in [1.54, 1.807) is 44.2 Å². The van der Waals surface area contributed by atoms with Crippen molar-refractivity contribution in [2.24, 2.45) is 0 Å². The molecular formula is C28H33F3N4O4S. The van der Waals surface area contributed by atoms with Crippen molar-refractivity contribution in [1.29, 1.82) is 0 Å². The van der Waals surface area contributed by atoms with E-state index < -0.39 is 34.6 Å². The summed E-state index contributed by atoms with van der Waals surface area (Å²) in [5.74, 6) is -0.978. The summed E-state index contributed by atoms with van der Waals surface area (Å²) in [6, 6.07) is 16.5. The van der Waals surface area contributed by atoms with E-state index in [4.69, 9.17) is 0 Å². The number of benzene rings is 2. The molecule has 40 heavy (non-hydrogen) atoms. The van der Waals surface area contributed by atoms with Crippen LogP contribution < -0.4 is 16.6 Å². The summed E-state index contributed by atoms with van der Waals surface area (Å²) < 4.78 is 38.9. The van der Waals surface area contributed by atoms with E-state index >= 15 is 0 Å².